The summed E-state index contributed by atoms with van der Waals surface area (Å²) in [7, 11) is 1.25. The molecule has 3 aliphatic heterocycles. The van der Waals surface area contributed by atoms with Crippen molar-refractivity contribution in [3.8, 4) is 0 Å². The van der Waals surface area contributed by atoms with Gasteiger partial charge in [-0.3, -0.25) is 0 Å². The average Bonchev–Trinajstić information content (AvgIpc) is 2.79. The number of aliphatic hydroxyl groups excluding tert-OH is 8. The smallest absolute Gasteiger partial charge is 0.187 e. The van der Waals surface area contributed by atoms with Crippen LogP contribution in [0.15, 0.2) is 0 Å². The first-order valence-corrected chi connectivity index (χ1v) is 10.7. The summed E-state index contributed by atoms with van der Waals surface area (Å²) in [5.74, 6) is 0. The first-order chi connectivity index (χ1) is 15.6. The zero-order valence-corrected chi connectivity index (χ0v) is 18.2. The third-order valence-corrected chi connectivity index (χ3v) is 6.15. The van der Waals surface area contributed by atoms with Crippen LogP contribution in [0.25, 0.3) is 0 Å². The number of hydrogen-bond donors (Lipinski definition) is 8. The van der Waals surface area contributed by atoms with Crippen LogP contribution in [0, 0.1) is 0 Å². The number of hydrogen-bond acceptors (Lipinski definition) is 14. The minimum Gasteiger partial charge on any atom is -0.394 e. The molecule has 194 valence electrons. The van der Waals surface area contributed by atoms with Gasteiger partial charge < -0.3 is 69.3 Å². The second-order valence-electron chi connectivity index (χ2n) is 8.43. The van der Waals surface area contributed by atoms with Gasteiger partial charge in [-0.1, -0.05) is 0 Å². The summed E-state index contributed by atoms with van der Waals surface area (Å²) in [5.41, 5.74) is 0. The first-order valence-electron chi connectivity index (χ1n) is 10.7. The highest BCUT2D eigenvalue weighted by molar-refractivity contribution is 4.95. The lowest BCUT2D eigenvalue weighted by Crippen LogP contribution is -2.66. The van der Waals surface area contributed by atoms with Gasteiger partial charge >= 0.3 is 0 Å². The number of aliphatic hydroxyl groups is 8. The maximum atomic E-state index is 10.8. The van der Waals surface area contributed by atoms with Crippen molar-refractivity contribution in [1.82, 2.24) is 0 Å². The molecule has 0 amide bonds. The van der Waals surface area contributed by atoms with Crippen LogP contribution in [-0.4, -0.2) is 147 Å². The molecule has 14 nitrogen and oxygen atoms in total. The molecule has 0 aromatic rings. The van der Waals surface area contributed by atoms with E-state index in [1.807, 2.05) is 0 Å². The van der Waals surface area contributed by atoms with Gasteiger partial charge in [-0.25, -0.2) is 0 Å². The molecule has 8 N–H and O–H groups in total. The van der Waals surface area contributed by atoms with E-state index in [4.69, 9.17) is 28.4 Å². The van der Waals surface area contributed by atoms with Gasteiger partial charge in [-0.15, -0.1) is 0 Å². The topological polar surface area (TPSA) is 217 Å². The Morgan fingerprint density at radius 2 is 1.24 bits per heavy atom. The predicted molar refractivity (Wildman–Crippen MR) is 103 cm³/mol. The summed E-state index contributed by atoms with van der Waals surface area (Å²) in [4.78, 5) is 0. The Kier molecular flexibility index (Phi) is 9.38. The van der Waals surface area contributed by atoms with Crippen molar-refractivity contribution in [1.29, 1.82) is 0 Å². The molecule has 3 fully saturated rings. The van der Waals surface area contributed by atoms with Crippen molar-refractivity contribution in [2.75, 3.05) is 20.3 Å². The number of rotatable bonds is 7. The van der Waals surface area contributed by atoms with E-state index in [1.165, 1.54) is 7.11 Å². The van der Waals surface area contributed by atoms with Gasteiger partial charge in [0.2, 0.25) is 0 Å². The van der Waals surface area contributed by atoms with Gasteiger partial charge in [0.15, 0.2) is 18.9 Å². The summed E-state index contributed by atoms with van der Waals surface area (Å²) < 4.78 is 33.2. The summed E-state index contributed by atoms with van der Waals surface area (Å²) in [5, 5.41) is 80.3. The van der Waals surface area contributed by atoms with E-state index in [0.29, 0.717) is 0 Å². The summed E-state index contributed by atoms with van der Waals surface area (Å²) in [6.45, 7) is 0.276. The van der Waals surface area contributed by atoms with Crippen molar-refractivity contribution in [3.05, 3.63) is 0 Å². The molecule has 0 aromatic carbocycles. The van der Waals surface area contributed by atoms with Crippen molar-refractivity contribution >= 4 is 0 Å². The molecule has 3 heterocycles. The maximum absolute atomic E-state index is 10.8. The third-order valence-electron chi connectivity index (χ3n) is 6.15. The largest absolute Gasteiger partial charge is 0.394 e. The van der Waals surface area contributed by atoms with Crippen LogP contribution in [-0.2, 0) is 28.4 Å². The first kappa shape index (κ1) is 27.0. The molecule has 3 rings (SSSR count). The van der Waals surface area contributed by atoms with Crippen molar-refractivity contribution in [3.63, 3.8) is 0 Å². The predicted octanol–water partition coefficient (Wildman–Crippen LogP) is -4.86. The minimum absolute atomic E-state index is 0.0550. The van der Waals surface area contributed by atoms with Crippen molar-refractivity contribution in [2.45, 2.75) is 99.4 Å². The monoisotopic (exact) mass is 486 g/mol. The second kappa shape index (κ2) is 11.5. The summed E-state index contributed by atoms with van der Waals surface area (Å²) >= 11 is 0. The van der Waals surface area contributed by atoms with E-state index >= 15 is 0 Å². The van der Waals surface area contributed by atoms with Crippen molar-refractivity contribution < 1.29 is 69.3 Å². The molecular weight excluding hydrogens is 452 g/mol. The Balaban J connectivity index is 1.83. The Hall–Kier alpha value is -0.560. The van der Waals surface area contributed by atoms with E-state index < -0.39 is 99.2 Å². The fourth-order valence-corrected chi connectivity index (χ4v) is 4.09. The van der Waals surface area contributed by atoms with Crippen LogP contribution in [0.2, 0.25) is 0 Å². The molecular formula is C19H34O14. The molecule has 3 aliphatic rings. The highest BCUT2D eigenvalue weighted by Crippen LogP contribution is 2.33. The van der Waals surface area contributed by atoms with Gasteiger partial charge in [0.1, 0.15) is 54.9 Å². The molecule has 0 spiro atoms. The van der Waals surface area contributed by atoms with Crippen LogP contribution >= 0.6 is 0 Å². The van der Waals surface area contributed by atoms with Gasteiger partial charge in [-0.05, 0) is 6.92 Å². The van der Waals surface area contributed by atoms with Crippen LogP contribution in [0.4, 0.5) is 0 Å². The Bertz CT molecular complexity index is 609. The molecule has 0 aromatic heterocycles. The molecule has 14 atom stereocenters. The molecule has 0 saturated carbocycles. The molecule has 14 heteroatoms. The van der Waals surface area contributed by atoms with Gasteiger partial charge in [-0.2, -0.15) is 0 Å². The number of methoxy groups -OCH3 is 1. The van der Waals surface area contributed by atoms with E-state index in [1.54, 1.807) is 6.92 Å². The molecule has 0 radical (unpaired) electrons. The molecule has 0 unspecified atom stereocenters. The van der Waals surface area contributed by atoms with Crippen LogP contribution in [0.5, 0.6) is 0 Å². The minimum atomic E-state index is -1.75. The second-order valence-corrected chi connectivity index (χ2v) is 8.43. The fourth-order valence-electron chi connectivity index (χ4n) is 4.09. The van der Waals surface area contributed by atoms with E-state index in [2.05, 4.69) is 0 Å². The molecule has 3 saturated heterocycles. The summed E-state index contributed by atoms with van der Waals surface area (Å²) in [6.07, 6.45) is -18.8. The third kappa shape index (κ3) is 5.65. The highest BCUT2D eigenvalue weighted by atomic mass is 16.8. The van der Waals surface area contributed by atoms with E-state index in [-0.39, 0.29) is 6.42 Å². The average molecular weight is 486 g/mol. The van der Waals surface area contributed by atoms with Crippen molar-refractivity contribution in [2.24, 2.45) is 0 Å². The zero-order valence-electron chi connectivity index (χ0n) is 18.2. The lowest BCUT2D eigenvalue weighted by molar-refractivity contribution is -0.385. The molecule has 33 heavy (non-hydrogen) atoms. The molecule has 0 aliphatic carbocycles. The van der Waals surface area contributed by atoms with Gasteiger partial charge in [0, 0.05) is 13.5 Å². The van der Waals surface area contributed by atoms with Gasteiger partial charge in [0.25, 0.3) is 0 Å². The fraction of sp³-hybridized carbons (Fsp3) is 1.00. The standard InChI is InChI=1S/C19H34O14/c1-6-7(22)3-8(23)17(29-6)32-15-12(25)10(5-21)31-19(28-2)16(15)33-18-14(27)13(26)11(24)9(4-20)30-18/h6-27H,3-5H2,1-2H3/t6-,7-,8-,9-,10-,11+,12-,13+,14+,15+,16+,17-,18-,19+/m1/s1. The highest BCUT2D eigenvalue weighted by Gasteiger charge is 2.53. The maximum Gasteiger partial charge on any atom is 0.187 e. The number of ether oxygens (including phenoxy) is 6. The normalized spacial score (nSPS) is 51.5. The SMILES string of the molecule is CO[C@H]1O[C@H](CO)[C@@H](O)[C@H](O[C@H]2O[C@H](C)[C@H](O)C[C@H]2O)[C@@H]1O[C@H]1O[C@H](CO)[C@H](O)[C@H](O)[C@@H]1O. The van der Waals surface area contributed by atoms with Crippen LogP contribution in [0.3, 0.4) is 0 Å². The Labute approximate surface area is 189 Å². The summed E-state index contributed by atoms with van der Waals surface area (Å²) in [6, 6.07) is 0. The van der Waals surface area contributed by atoms with Gasteiger partial charge in [0.05, 0.1) is 25.4 Å². The Morgan fingerprint density at radius 1 is 0.667 bits per heavy atom. The lowest BCUT2D eigenvalue weighted by atomic mass is 9.96. The Morgan fingerprint density at radius 3 is 1.85 bits per heavy atom. The zero-order chi connectivity index (χ0) is 24.4. The van der Waals surface area contributed by atoms with E-state index in [0.717, 1.165) is 0 Å². The lowest BCUT2D eigenvalue weighted by Gasteiger charge is -2.48. The van der Waals surface area contributed by atoms with E-state index in [9.17, 15) is 40.9 Å². The quantitative estimate of drug-likeness (QED) is 0.169. The van der Waals surface area contributed by atoms with Crippen LogP contribution < -0.4 is 0 Å². The molecule has 0 bridgehead atoms. The van der Waals surface area contributed by atoms with Crippen LogP contribution in [0.1, 0.15) is 13.3 Å².